The van der Waals surface area contributed by atoms with Gasteiger partial charge in [0.1, 0.15) is 5.56 Å². The zero-order chi connectivity index (χ0) is 15.8. The lowest BCUT2D eigenvalue weighted by Gasteiger charge is -2.23. The highest BCUT2D eigenvalue weighted by atomic mass is 35.5. The lowest BCUT2D eigenvalue weighted by atomic mass is 10.1. The van der Waals surface area contributed by atoms with Gasteiger partial charge in [0.05, 0.1) is 16.4 Å². The maximum absolute atomic E-state index is 12.4. The second kappa shape index (κ2) is 5.57. The van der Waals surface area contributed by atoms with Crippen molar-refractivity contribution in [3.8, 4) is 0 Å². The molecule has 1 aliphatic rings. The summed E-state index contributed by atoms with van der Waals surface area (Å²) in [6, 6.07) is 0.709. The summed E-state index contributed by atoms with van der Waals surface area (Å²) in [5.41, 5.74) is -0.774. The van der Waals surface area contributed by atoms with Crippen molar-refractivity contribution in [2.24, 2.45) is 0 Å². The predicted octanol–water partition coefficient (Wildman–Crippen LogP) is 0.902. The van der Waals surface area contributed by atoms with E-state index in [-0.39, 0.29) is 22.2 Å². The number of nitro groups is 1. The van der Waals surface area contributed by atoms with E-state index in [1.165, 1.54) is 24.2 Å². The third-order valence-electron chi connectivity index (χ3n) is 3.37. The second-order valence-corrected chi connectivity index (χ2v) is 7.31. The molecule has 1 unspecified atom stereocenters. The van der Waals surface area contributed by atoms with E-state index in [1.54, 1.807) is 0 Å². The van der Waals surface area contributed by atoms with Crippen molar-refractivity contribution in [2.45, 2.75) is 12.5 Å². The Labute approximate surface area is 125 Å². The number of hydrogen-bond donors (Lipinski definition) is 0. The summed E-state index contributed by atoms with van der Waals surface area (Å²) < 4.78 is 22.9. The van der Waals surface area contributed by atoms with Gasteiger partial charge in [-0.1, -0.05) is 11.6 Å². The van der Waals surface area contributed by atoms with Crippen LogP contribution < -0.4 is 0 Å². The number of carbonyl (C=O) groups is 1. The van der Waals surface area contributed by atoms with Crippen LogP contribution in [0.4, 0.5) is 5.69 Å². The van der Waals surface area contributed by atoms with E-state index in [9.17, 15) is 23.3 Å². The average molecular weight is 334 g/mol. The number of halogens is 1. The zero-order valence-corrected chi connectivity index (χ0v) is 12.6. The Balaban J connectivity index is 2.33. The van der Waals surface area contributed by atoms with Crippen LogP contribution in [-0.4, -0.2) is 53.7 Å². The SMILES string of the molecule is CN(C(=O)c1ccnc(Cl)c1[N+](=O)[O-])C1CCS(=O)(=O)C1. The van der Waals surface area contributed by atoms with Gasteiger partial charge in [0.15, 0.2) is 9.84 Å². The first-order valence-electron chi connectivity index (χ1n) is 5.99. The van der Waals surface area contributed by atoms with Crippen LogP contribution in [0, 0.1) is 10.1 Å². The summed E-state index contributed by atoms with van der Waals surface area (Å²) in [7, 11) is -1.73. The van der Waals surface area contributed by atoms with Crippen molar-refractivity contribution in [1.82, 2.24) is 9.88 Å². The molecule has 2 heterocycles. The van der Waals surface area contributed by atoms with Crippen LogP contribution in [0.5, 0.6) is 0 Å². The number of nitrogens with zero attached hydrogens (tertiary/aromatic N) is 3. The summed E-state index contributed by atoms with van der Waals surface area (Å²) in [4.78, 5) is 27.4. The third-order valence-corrected chi connectivity index (χ3v) is 5.40. The van der Waals surface area contributed by atoms with Crippen molar-refractivity contribution in [2.75, 3.05) is 18.6 Å². The zero-order valence-electron chi connectivity index (χ0n) is 11.0. The van der Waals surface area contributed by atoms with Crippen LogP contribution in [-0.2, 0) is 9.84 Å². The minimum absolute atomic E-state index is 0.00841. The molecule has 0 bridgehead atoms. The van der Waals surface area contributed by atoms with Gasteiger partial charge in [-0.2, -0.15) is 0 Å². The van der Waals surface area contributed by atoms with Gasteiger partial charge in [-0.05, 0) is 12.5 Å². The molecule has 1 atom stereocenters. The first-order chi connectivity index (χ1) is 9.73. The lowest BCUT2D eigenvalue weighted by molar-refractivity contribution is -0.385. The molecule has 1 fully saturated rings. The number of pyridine rings is 1. The number of sulfone groups is 1. The van der Waals surface area contributed by atoms with Gasteiger partial charge in [0.25, 0.3) is 5.91 Å². The highest BCUT2D eigenvalue weighted by molar-refractivity contribution is 7.91. The Morgan fingerprint density at radius 3 is 2.76 bits per heavy atom. The van der Waals surface area contributed by atoms with E-state index < -0.39 is 32.4 Å². The fourth-order valence-electron chi connectivity index (χ4n) is 2.21. The Morgan fingerprint density at radius 2 is 2.24 bits per heavy atom. The average Bonchev–Trinajstić information content (AvgIpc) is 2.76. The Bertz CT molecular complexity index is 706. The summed E-state index contributed by atoms with van der Waals surface area (Å²) >= 11 is 5.66. The Hall–Kier alpha value is -1.74. The standard InChI is InChI=1S/C11H12ClN3O5S/c1-14(7-3-5-21(19,20)6-7)11(16)8-2-4-13-10(12)9(8)15(17)18/h2,4,7H,3,5-6H2,1H3. The normalized spacial score (nSPS) is 20.2. The number of aromatic nitrogens is 1. The van der Waals surface area contributed by atoms with Crippen molar-refractivity contribution in [3.05, 3.63) is 33.1 Å². The largest absolute Gasteiger partial charge is 0.337 e. The summed E-state index contributed by atoms with van der Waals surface area (Å²) in [6.07, 6.45) is 1.51. The third kappa shape index (κ3) is 3.13. The quantitative estimate of drug-likeness (QED) is 0.461. The van der Waals surface area contributed by atoms with Crippen molar-refractivity contribution >= 4 is 33.0 Å². The van der Waals surface area contributed by atoms with Gasteiger partial charge in [0, 0.05) is 19.3 Å². The minimum atomic E-state index is -3.16. The molecule has 21 heavy (non-hydrogen) atoms. The van der Waals surface area contributed by atoms with E-state index in [1.807, 2.05) is 0 Å². The van der Waals surface area contributed by atoms with E-state index in [2.05, 4.69) is 4.98 Å². The molecule has 0 spiro atoms. The van der Waals surface area contributed by atoms with Gasteiger partial charge in [-0.3, -0.25) is 14.9 Å². The summed E-state index contributed by atoms with van der Waals surface area (Å²) in [6.45, 7) is 0. The van der Waals surface area contributed by atoms with Gasteiger partial charge in [0.2, 0.25) is 5.15 Å². The van der Waals surface area contributed by atoms with Crippen molar-refractivity contribution < 1.29 is 18.1 Å². The molecule has 0 aromatic carbocycles. The van der Waals surface area contributed by atoms with Crippen LogP contribution in [0.2, 0.25) is 5.15 Å². The fraction of sp³-hybridized carbons (Fsp3) is 0.455. The molecule has 1 aromatic rings. The first kappa shape index (κ1) is 15.6. The van der Waals surface area contributed by atoms with Gasteiger partial charge in [-0.25, -0.2) is 13.4 Å². The summed E-state index contributed by atoms with van der Waals surface area (Å²) in [5.74, 6) is -0.774. The van der Waals surface area contributed by atoms with Crippen LogP contribution in [0.1, 0.15) is 16.8 Å². The highest BCUT2D eigenvalue weighted by Crippen LogP contribution is 2.28. The number of carbonyl (C=O) groups excluding carboxylic acids is 1. The smallest absolute Gasteiger partial charge is 0.319 e. The predicted molar refractivity (Wildman–Crippen MR) is 75.1 cm³/mol. The molecule has 1 amide bonds. The van der Waals surface area contributed by atoms with E-state index >= 15 is 0 Å². The number of hydrogen-bond acceptors (Lipinski definition) is 6. The van der Waals surface area contributed by atoms with Crippen molar-refractivity contribution in [3.63, 3.8) is 0 Å². The van der Waals surface area contributed by atoms with Crippen LogP contribution in [0.25, 0.3) is 0 Å². The summed E-state index contributed by atoms with van der Waals surface area (Å²) in [5, 5.41) is 10.6. The maximum atomic E-state index is 12.4. The maximum Gasteiger partial charge on any atom is 0.319 e. The molecule has 10 heteroatoms. The van der Waals surface area contributed by atoms with E-state index in [0.717, 1.165) is 0 Å². The fourth-order valence-corrected chi connectivity index (χ4v) is 4.21. The molecule has 1 saturated heterocycles. The molecule has 0 N–H and O–H groups in total. The number of rotatable bonds is 3. The molecule has 1 aliphatic heterocycles. The molecular formula is C11H12ClN3O5S. The first-order valence-corrected chi connectivity index (χ1v) is 8.19. The van der Waals surface area contributed by atoms with Gasteiger partial charge >= 0.3 is 5.69 Å². The monoisotopic (exact) mass is 333 g/mol. The molecule has 8 nitrogen and oxygen atoms in total. The molecule has 0 radical (unpaired) electrons. The second-order valence-electron chi connectivity index (χ2n) is 4.73. The highest BCUT2D eigenvalue weighted by Gasteiger charge is 2.35. The number of amides is 1. The molecule has 0 saturated carbocycles. The molecule has 114 valence electrons. The topological polar surface area (TPSA) is 110 Å². The molecule has 1 aromatic heterocycles. The van der Waals surface area contributed by atoms with Crippen LogP contribution in [0.3, 0.4) is 0 Å². The van der Waals surface area contributed by atoms with E-state index in [0.29, 0.717) is 6.42 Å². The molecule has 2 rings (SSSR count). The van der Waals surface area contributed by atoms with Crippen LogP contribution >= 0.6 is 11.6 Å². The van der Waals surface area contributed by atoms with Crippen molar-refractivity contribution in [1.29, 1.82) is 0 Å². The molecular weight excluding hydrogens is 322 g/mol. The Morgan fingerprint density at radius 1 is 1.57 bits per heavy atom. The van der Waals surface area contributed by atoms with Gasteiger partial charge < -0.3 is 4.90 Å². The van der Waals surface area contributed by atoms with E-state index in [4.69, 9.17) is 11.6 Å². The lowest BCUT2D eigenvalue weighted by Crippen LogP contribution is -2.38. The minimum Gasteiger partial charge on any atom is -0.337 e. The molecule has 0 aliphatic carbocycles. The van der Waals surface area contributed by atoms with Gasteiger partial charge in [-0.15, -0.1) is 0 Å². The van der Waals surface area contributed by atoms with Crippen LogP contribution in [0.15, 0.2) is 12.3 Å². The Kier molecular flexibility index (Phi) is 4.15.